The number of nitrogens with zero attached hydrogens (tertiary/aromatic N) is 1. The molecule has 2 N–H and O–H groups in total. The number of carboxylic acid groups (broad SMARTS) is 1. The highest BCUT2D eigenvalue weighted by molar-refractivity contribution is 7.89. The predicted octanol–water partition coefficient (Wildman–Crippen LogP) is 3.61. The van der Waals surface area contributed by atoms with Gasteiger partial charge in [0.05, 0.1) is 4.90 Å². The molecular formula is C23H27ClN2O5S. The van der Waals surface area contributed by atoms with E-state index in [1.165, 1.54) is 28.6 Å². The number of carboxylic acids is 1. The summed E-state index contributed by atoms with van der Waals surface area (Å²) in [7, 11) is -3.97. The van der Waals surface area contributed by atoms with E-state index in [0.29, 0.717) is 30.8 Å². The van der Waals surface area contributed by atoms with Crippen molar-refractivity contribution in [2.24, 2.45) is 0 Å². The van der Waals surface area contributed by atoms with Crippen molar-refractivity contribution in [2.75, 3.05) is 6.54 Å². The Bertz CT molecular complexity index is 1060. The SMILES string of the molecule is O=C(O)CCCc1cccc(CN(C2CCCCNC2=O)S(=O)(=O)c2ccc(Cl)cc2)c1. The van der Waals surface area contributed by atoms with E-state index in [9.17, 15) is 18.0 Å². The Balaban J connectivity index is 1.92. The van der Waals surface area contributed by atoms with Crippen molar-refractivity contribution in [1.29, 1.82) is 0 Å². The lowest BCUT2D eigenvalue weighted by atomic mass is 10.0. The van der Waals surface area contributed by atoms with Gasteiger partial charge < -0.3 is 10.4 Å². The molecule has 3 rings (SSSR count). The first kappa shape index (κ1) is 24.2. The van der Waals surface area contributed by atoms with Gasteiger partial charge in [-0.3, -0.25) is 9.59 Å². The van der Waals surface area contributed by atoms with Crippen molar-refractivity contribution in [3.05, 3.63) is 64.7 Å². The van der Waals surface area contributed by atoms with Gasteiger partial charge in [0.25, 0.3) is 0 Å². The van der Waals surface area contributed by atoms with Crippen LogP contribution in [0.2, 0.25) is 5.02 Å². The average molecular weight is 479 g/mol. The minimum Gasteiger partial charge on any atom is -0.481 e. The van der Waals surface area contributed by atoms with E-state index < -0.39 is 22.0 Å². The Hall–Kier alpha value is -2.42. The molecule has 1 aliphatic rings. The third kappa shape index (κ3) is 6.31. The number of sulfonamides is 1. The zero-order valence-electron chi connectivity index (χ0n) is 17.7. The fourth-order valence-electron chi connectivity index (χ4n) is 3.81. The van der Waals surface area contributed by atoms with Gasteiger partial charge in [-0.05, 0) is 67.5 Å². The summed E-state index contributed by atoms with van der Waals surface area (Å²) in [6, 6.07) is 12.5. The molecule has 1 atom stereocenters. The molecule has 1 saturated heterocycles. The third-order valence-corrected chi connectivity index (χ3v) is 7.58. The fraction of sp³-hybridized carbons (Fsp3) is 0.391. The molecule has 0 radical (unpaired) electrons. The predicted molar refractivity (Wildman–Crippen MR) is 122 cm³/mol. The van der Waals surface area contributed by atoms with Crippen LogP contribution in [-0.4, -0.2) is 42.3 Å². The minimum absolute atomic E-state index is 0.0375. The van der Waals surface area contributed by atoms with Crippen molar-refractivity contribution in [3.8, 4) is 0 Å². The van der Waals surface area contributed by atoms with Gasteiger partial charge in [-0.15, -0.1) is 0 Å². The maximum atomic E-state index is 13.6. The second-order valence-corrected chi connectivity index (χ2v) is 10.2. The molecule has 0 saturated carbocycles. The van der Waals surface area contributed by atoms with Crippen molar-refractivity contribution < 1.29 is 23.1 Å². The lowest BCUT2D eigenvalue weighted by molar-refractivity contribution is -0.137. The van der Waals surface area contributed by atoms with E-state index in [-0.39, 0.29) is 23.8 Å². The van der Waals surface area contributed by atoms with Crippen molar-refractivity contribution in [3.63, 3.8) is 0 Å². The first-order valence-corrected chi connectivity index (χ1v) is 12.4. The van der Waals surface area contributed by atoms with Crippen LogP contribution >= 0.6 is 11.6 Å². The number of hydrogen-bond acceptors (Lipinski definition) is 4. The van der Waals surface area contributed by atoms with Gasteiger partial charge in [-0.2, -0.15) is 4.31 Å². The molecule has 1 heterocycles. The Kier molecular flexibility index (Phi) is 8.28. The molecule has 172 valence electrons. The van der Waals surface area contributed by atoms with E-state index in [0.717, 1.165) is 24.0 Å². The Morgan fingerprint density at radius 1 is 1.12 bits per heavy atom. The standard InChI is InChI=1S/C23H27ClN2O5S/c24-19-10-12-20(13-11-19)32(30,31)26(21-8-1-2-14-25-23(21)29)16-18-7-3-5-17(15-18)6-4-9-22(27)28/h3,5,7,10-13,15,21H,1-2,4,6,8-9,14,16H2,(H,25,29)(H,27,28). The van der Waals surface area contributed by atoms with E-state index in [4.69, 9.17) is 16.7 Å². The van der Waals surface area contributed by atoms with Crippen LogP contribution in [0.3, 0.4) is 0 Å². The lowest BCUT2D eigenvalue weighted by Gasteiger charge is -2.29. The monoisotopic (exact) mass is 478 g/mol. The van der Waals surface area contributed by atoms with E-state index >= 15 is 0 Å². The number of hydrogen-bond donors (Lipinski definition) is 2. The lowest BCUT2D eigenvalue weighted by Crippen LogP contribution is -2.48. The molecule has 32 heavy (non-hydrogen) atoms. The molecule has 1 aliphatic heterocycles. The minimum atomic E-state index is -3.97. The Morgan fingerprint density at radius 2 is 1.84 bits per heavy atom. The van der Waals surface area contributed by atoms with Crippen LogP contribution in [0.15, 0.2) is 53.4 Å². The van der Waals surface area contributed by atoms with Gasteiger partial charge in [-0.1, -0.05) is 35.9 Å². The normalized spacial score (nSPS) is 17.1. The largest absolute Gasteiger partial charge is 0.481 e. The second-order valence-electron chi connectivity index (χ2n) is 7.87. The molecule has 7 nitrogen and oxygen atoms in total. The number of rotatable bonds is 9. The Labute approximate surface area is 193 Å². The maximum absolute atomic E-state index is 13.6. The third-order valence-electron chi connectivity index (χ3n) is 5.46. The van der Waals surface area contributed by atoms with Gasteiger partial charge in [0.2, 0.25) is 15.9 Å². The molecule has 2 aromatic rings. The number of carbonyl (C=O) groups excluding carboxylic acids is 1. The highest BCUT2D eigenvalue weighted by Gasteiger charge is 2.36. The van der Waals surface area contributed by atoms with Crippen LogP contribution in [0.5, 0.6) is 0 Å². The zero-order chi connectivity index (χ0) is 23.1. The number of halogens is 1. The fourth-order valence-corrected chi connectivity index (χ4v) is 5.54. The molecule has 2 aromatic carbocycles. The summed E-state index contributed by atoms with van der Waals surface area (Å²) in [6.45, 7) is 0.568. The average Bonchev–Trinajstić information content (AvgIpc) is 2.96. The van der Waals surface area contributed by atoms with Crippen LogP contribution < -0.4 is 5.32 Å². The molecule has 0 aromatic heterocycles. The van der Waals surface area contributed by atoms with E-state index in [2.05, 4.69) is 5.32 Å². The highest BCUT2D eigenvalue weighted by Crippen LogP contribution is 2.26. The molecule has 1 unspecified atom stereocenters. The number of amides is 1. The molecule has 0 spiro atoms. The zero-order valence-corrected chi connectivity index (χ0v) is 19.2. The molecular weight excluding hydrogens is 452 g/mol. The van der Waals surface area contributed by atoms with Crippen molar-refractivity contribution in [2.45, 2.75) is 56.0 Å². The second kappa shape index (κ2) is 10.9. The van der Waals surface area contributed by atoms with Crippen LogP contribution in [-0.2, 0) is 32.6 Å². The van der Waals surface area contributed by atoms with Crippen molar-refractivity contribution >= 4 is 33.5 Å². The summed E-state index contributed by atoms with van der Waals surface area (Å²) in [5, 5.41) is 12.1. The Morgan fingerprint density at radius 3 is 2.56 bits per heavy atom. The van der Waals surface area contributed by atoms with Crippen LogP contribution in [0.1, 0.15) is 43.2 Å². The number of nitrogens with one attached hydrogen (secondary N) is 1. The van der Waals surface area contributed by atoms with Crippen LogP contribution in [0, 0.1) is 0 Å². The highest BCUT2D eigenvalue weighted by atomic mass is 35.5. The summed E-state index contributed by atoms with van der Waals surface area (Å²) in [4.78, 5) is 23.6. The number of benzene rings is 2. The number of aryl methyl sites for hydroxylation is 1. The smallest absolute Gasteiger partial charge is 0.303 e. The first-order valence-electron chi connectivity index (χ1n) is 10.6. The molecule has 1 amide bonds. The van der Waals surface area contributed by atoms with Gasteiger partial charge >= 0.3 is 5.97 Å². The summed E-state index contributed by atoms with van der Waals surface area (Å²) in [5.41, 5.74) is 1.67. The van der Waals surface area contributed by atoms with Gasteiger partial charge in [0.15, 0.2) is 0 Å². The summed E-state index contributed by atoms with van der Waals surface area (Å²) in [6.07, 6.45) is 3.13. The number of carbonyl (C=O) groups is 2. The van der Waals surface area contributed by atoms with E-state index in [1.54, 1.807) is 0 Å². The molecule has 0 bridgehead atoms. The summed E-state index contributed by atoms with van der Waals surface area (Å²) >= 11 is 5.93. The number of aliphatic carboxylic acids is 1. The summed E-state index contributed by atoms with van der Waals surface area (Å²) in [5.74, 6) is -1.14. The van der Waals surface area contributed by atoms with Crippen molar-refractivity contribution in [1.82, 2.24) is 9.62 Å². The van der Waals surface area contributed by atoms with Gasteiger partial charge in [0, 0.05) is 24.5 Å². The maximum Gasteiger partial charge on any atom is 0.303 e. The molecule has 0 aliphatic carbocycles. The van der Waals surface area contributed by atoms with Crippen LogP contribution in [0.4, 0.5) is 0 Å². The quantitative estimate of drug-likeness (QED) is 0.573. The van der Waals surface area contributed by atoms with Gasteiger partial charge in [-0.25, -0.2) is 8.42 Å². The summed E-state index contributed by atoms with van der Waals surface area (Å²) < 4.78 is 28.4. The van der Waals surface area contributed by atoms with E-state index in [1.807, 2.05) is 24.3 Å². The first-order chi connectivity index (χ1) is 15.3. The molecule has 9 heteroatoms. The molecule has 1 fully saturated rings. The van der Waals surface area contributed by atoms with Gasteiger partial charge in [0.1, 0.15) is 6.04 Å². The topological polar surface area (TPSA) is 104 Å². The van der Waals surface area contributed by atoms with Crippen LogP contribution in [0.25, 0.3) is 0 Å².